The van der Waals surface area contributed by atoms with Gasteiger partial charge in [-0.15, -0.1) is 0 Å². The third-order valence-electron chi connectivity index (χ3n) is 4.71. The molecule has 0 saturated carbocycles. The molecule has 2 aromatic carbocycles. The van der Waals surface area contributed by atoms with Crippen LogP contribution in [0.2, 0.25) is 0 Å². The van der Waals surface area contributed by atoms with E-state index in [1.807, 2.05) is 0 Å². The predicted molar refractivity (Wildman–Crippen MR) is 101 cm³/mol. The molecule has 2 heterocycles. The van der Waals surface area contributed by atoms with Gasteiger partial charge in [-0.3, -0.25) is 10.1 Å². The zero-order valence-electron chi connectivity index (χ0n) is 15.1. The topological polar surface area (TPSA) is 98.5 Å². The molecule has 0 aliphatic rings. The van der Waals surface area contributed by atoms with Gasteiger partial charge in [0.15, 0.2) is 0 Å². The molecule has 4 rings (SSSR count). The minimum Gasteiger partial charge on any atom is -0.384 e. The van der Waals surface area contributed by atoms with Gasteiger partial charge in [-0.2, -0.15) is 10.4 Å². The minimum atomic E-state index is -1.73. The molecular weight excluding hydrogens is 376 g/mol. The molecule has 144 valence electrons. The predicted octanol–water partition coefficient (Wildman–Crippen LogP) is 3.18. The van der Waals surface area contributed by atoms with Crippen LogP contribution < -0.4 is 0 Å². The molecule has 0 aliphatic heterocycles. The number of hydrogen-bond donors (Lipinski definition) is 2. The summed E-state index contributed by atoms with van der Waals surface area (Å²) in [5, 5.41) is 27.6. The lowest BCUT2D eigenvalue weighted by Gasteiger charge is -2.28. The van der Waals surface area contributed by atoms with Gasteiger partial charge in [0.25, 0.3) is 0 Å². The summed E-state index contributed by atoms with van der Waals surface area (Å²) < 4.78 is 27.9. The Balaban J connectivity index is 1.75. The van der Waals surface area contributed by atoms with Crippen molar-refractivity contribution in [3.63, 3.8) is 0 Å². The van der Waals surface area contributed by atoms with Gasteiger partial charge in [-0.25, -0.2) is 13.8 Å². The molecule has 0 fully saturated rings. The van der Waals surface area contributed by atoms with Crippen molar-refractivity contribution in [2.24, 2.45) is 0 Å². The van der Waals surface area contributed by atoms with Gasteiger partial charge >= 0.3 is 0 Å². The van der Waals surface area contributed by atoms with E-state index in [4.69, 9.17) is 5.26 Å². The van der Waals surface area contributed by atoms with E-state index in [1.165, 1.54) is 12.4 Å². The monoisotopic (exact) mass is 391 g/mol. The average Bonchev–Trinajstić information content (AvgIpc) is 3.20. The fourth-order valence-corrected chi connectivity index (χ4v) is 3.35. The van der Waals surface area contributed by atoms with Crippen LogP contribution in [0.4, 0.5) is 8.78 Å². The number of rotatable bonds is 5. The highest BCUT2D eigenvalue weighted by atomic mass is 19.1. The summed E-state index contributed by atoms with van der Waals surface area (Å²) in [4.78, 5) is 8.54. The highest BCUT2D eigenvalue weighted by Gasteiger charge is 2.34. The van der Waals surface area contributed by atoms with E-state index in [9.17, 15) is 13.9 Å². The summed E-state index contributed by atoms with van der Waals surface area (Å²) in [7, 11) is 0. The summed E-state index contributed by atoms with van der Waals surface area (Å²) in [6.07, 6.45) is 1.19. The van der Waals surface area contributed by atoms with E-state index in [0.29, 0.717) is 22.6 Å². The number of nitrogens with one attached hydrogen (secondary N) is 1. The van der Waals surface area contributed by atoms with Crippen molar-refractivity contribution in [1.29, 1.82) is 5.26 Å². The number of pyridine rings is 1. The van der Waals surface area contributed by atoms with Gasteiger partial charge in [0.1, 0.15) is 29.4 Å². The van der Waals surface area contributed by atoms with Crippen molar-refractivity contribution in [2.45, 2.75) is 18.4 Å². The Morgan fingerprint density at radius 1 is 1.07 bits per heavy atom. The van der Waals surface area contributed by atoms with Crippen LogP contribution in [0.1, 0.15) is 22.6 Å². The second-order valence-corrected chi connectivity index (χ2v) is 6.76. The fraction of sp³-hybridized carbons (Fsp3) is 0.143. The number of benzene rings is 2. The van der Waals surface area contributed by atoms with Crippen molar-refractivity contribution < 1.29 is 13.9 Å². The molecule has 0 spiro atoms. The van der Waals surface area contributed by atoms with Crippen LogP contribution in [-0.4, -0.2) is 25.3 Å². The maximum atomic E-state index is 14.5. The largest absolute Gasteiger partial charge is 0.384 e. The fourth-order valence-electron chi connectivity index (χ4n) is 3.35. The first-order valence-electron chi connectivity index (χ1n) is 8.79. The summed E-state index contributed by atoms with van der Waals surface area (Å²) in [5.41, 5.74) is -0.125. The smallest absolute Gasteiger partial charge is 0.137 e. The average molecular weight is 391 g/mol. The maximum absolute atomic E-state index is 14.5. The Bertz CT molecular complexity index is 1220. The van der Waals surface area contributed by atoms with Crippen molar-refractivity contribution >= 4 is 10.9 Å². The maximum Gasteiger partial charge on any atom is 0.137 e. The van der Waals surface area contributed by atoms with Gasteiger partial charge in [-0.1, -0.05) is 12.1 Å². The molecule has 2 aromatic heterocycles. The molecule has 0 amide bonds. The molecule has 0 saturated heterocycles. The number of fused-ring (bicyclic) bond motifs is 1. The van der Waals surface area contributed by atoms with E-state index in [-0.39, 0.29) is 18.4 Å². The van der Waals surface area contributed by atoms with Crippen molar-refractivity contribution in [2.75, 3.05) is 0 Å². The normalized spacial score (nSPS) is 13.2. The Kier molecular flexibility index (Phi) is 4.74. The number of H-pyrrole nitrogens is 1. The zero-order valence-corrected chi connectivity index (χ0v) is 15.1. The van der Waals surface area contributed by atoms with Crippen LogP contribution in [0.25, 0.3) is 10.9 Å². The Hall–Kier alpha value is -3.70. The third kappa shape index (κ3) is 3.81. The molecular formula is C21H15F2N5O. The second-order valence-electron chi connectivity index (χ2n) is 6.76. The van der Waals surface area contributed by atoms with E-state index in [1.54, 1.807) is 30.3 Å². The number of aromatic nitrogens is 4. The first kappa shape index (κ1) is 18.7. The third-order valence-corrected chi connectivity index (χ3v) is 4.71. The summed E-state index contributed by atoms with van der Waals surface area (Å²) >= 11 is 0. The Morgan fingerprint density at radius 3 is 2.66 bits per heavy atom. The van der Waals surface area contributed by atoms with E-state index in [0.717, 1.165) is 17.5 Å². The lowest BCUT2D eigenvalue weighted by molar-refractivity contribution is 0.0306. The van der Waals surface area contributed by atoms with Gasteiger partial charge in [-0.05, 0) is 30.3 Å². The second kappa shape index (κ2) is 7.37. The standard InChI is InChI=1S/C21H15F2N5O/c22-15-3-5-17(18(23)8-15)21(29,10-20-25-12-26-28-20)9-16-4-2-14-7-13(11-24)1-6-19(14)27-16/h1-8,12,29H,9-10H2,(H,25,26,28). The van der Waals surface area contributed by atoms with Crippen molar-refractivity contribution in [3.8, 4) is 6.07 Å². The van der Waals surface area contributed by atoms with Crippen LogP contribution in [0.3, 0.4) is 0 Å². The van der Waals surface area contributed by atoms with Crippen LogP contribution in [0, 0.1) is 23.0 Å². The number of aromatic amines is 1. The quantitative estimate of drug-likeness (QED) is 0.544. The summed E-state index contributed by atoms with van der Waals surface area (Å²) in [6.45, 7) is 0. The number of nitrogens with zero attached hydrogens (tertiary/aromatic N) is 4. The van der Waals surface area contributed by atoms with Gasteiger partial charge in [0.2, 0.25) is 0 Å². The molecule has 0 aliphatic carbocycles. The Morgan fingerprint density at radius 2 is 1.93 bits per heavy atom. The van der Waals surface area contributed by atoms with Crippen molar-refractivity contribution in [1.82, 2.24) is 20.2 Å². The van der Waals surface area contributed by atoms with Gasteiger partial charge in [0, 0.05) is 35.6 Å². The Labute approximate surface area is 164 Å². The molecule has 1 atom stereocenters. The summed E-state index contributed by atoms with van der Waals surface area (Å²) in [6, 6.07) is 13.7. The molecule has 29 heavy (non-hydrogen) atoms. The molecule has 6 nitrogen and oxygen atoms in total. The van der Waals surface area contributed by atoms with Crippen LogP contribution in [0.15, 0.2) is 54.9 Å². The lowest BCUT2D eigenvalue weighted by atomic mass is 9.85. The highest BCUT2D eigenvalue weighted by Crippen LogP contribution is 2.31. The first-order chi connectivity index (χ1) is 14.0. The van der Waals surface area contributed by atoms with Crippen LogP contribution in [-0.2, 0) is 18.4 Å². The van der Waals surface area contributed by atoms with E-state index < -0.39 is 17.2 Å². The molecule has 2 N–H and O–H groups in total. The van der Waals surface area contributed by atoms with Crippen LogP contribution in [0.5, 0.6) is 0 Å². The van der Waals surface area contributed by atoms with Gasteiger partial charge in [0.05, 0.1) is 17.1 Å². The zero-order chi connectivity index (χ0) is 20.4. The van der Waals surface area contributed by atoms with Crippen LogP contribution >= 0.6 is 0 Å². The molecule has 0 radical (unpaired) electrons. The number of halogens is 2. The first-order valence-corrected chi connectivity index (χ1v) is 8.79. The summed E-state index contributed by atoms with van der Waals surface area (Å²) in [5.74, 6) is -1.23. The highest BCUT2D eigenvalue weighted by molar-refractivity contribution is 5.80. The van der Waals surface area contributed by atoms with E-state index in [2.05, 4.69) is 26.2 Å². The molecule has 1 unspecified atom stereocenters. The van der Waals surface area contributed by atoms with Crippen molar-refractivity contribution in [3.05, 3.63) is 89.1 Å². The number of hydrogen-bond acceptors (Lipinski definition) is 5. The molecule has 4 aromatic rings. The number of nitriles is 1. The number of aliphatic hydroxyl groups is 1. The SMILES string of the molecule is N#Cc1ccc2nc(CC(O)(Cc3ncn[nH]3)c3ccc(F)cc3F)ccc2c1. The van der Waals surface area contributed by atoms with Gasteiger partial charge < -0.3 is 5.11 Å². The van der Waals surface area contributed by atoms with E-state index >= 15 is 0 Å². The lowest BCUT2D eigenvalue weighted by Crippen LogP contribution is -2.33. The molecule has 0 bridgehead atoms. The molecule has 8 heteroatoms. The minimum absolute atomic E-state index is 0.0355.